The third kappa shape index (κ3) is 2.25. The number of rotatable bonds is 3. The Morgan fingerprint density at radius 2 is 1.76 bits per heavy atom. The van der Waals surface area contributed by atoms with E-state index in [-0.39, 0.29) is 0 Å². The van der Waals surface area contributed by atoms with Gasteiger partial charge in [-0.15, -0.1) is 11.6 Å². The predicted octanol–water partition coefficient (Wildman–Crippen LogP) is 4.52. The summed E-state index contributed by atoms with van der Waals surface area (Å²) in [4.78, 5) is 0. The van der Waals surface area contributed by atoms with Gasteiger partial charge in [-0.2, -0.15) is 0 Å². The molecule has 0 N–H and O–H groups in total. The molecule has 0 heterocycles. The van der Waals surface area contributed by atoms with Gasteiger partial charge in [-0.1, -0.05) is 31.0 Å². The molecule has 0 radical (unpaired) electrons. The summed E-state index contributed by atoms with van der Waals surface area (Å²) in [5.74, 6) is 0.837. The number of hydrogen-bond donors (Lipinski definition) is 0. The monoisotopic (exact) mass is 248 g/mol. The number of benzene rings is 1. The number of alkyl halides is 1. The van der Waals surface area contributed by atoms with Crippen molar-refractivity contribution in [2.75, 3.05) is 5.88 Å². The highest BCUT2D eigenvalue weighted by atomic mass is 35.5. The molecule has 0 bridgehead atoms. The lowest BCUT2D eigenvalue weighted by Crippen LogP contribution is -2.21. The van der Waals surface area contributed by atoms with Crippen molar-refractivity contribution in [2.45, 2.75) is 51.4 Å². The molecule has 0 atom stereocenters. The Kier molecular flexibility index (Phi) is 3.17. The molecule has 0 nitrogen and oxygen atoms in total. The van der Waals surface area contributed by atoms with E-state index in [2.05, 4.69) is 18.2 Å². The Hall–Kier alpha value is -0.490. The molecule has 0 spiro atoms. The normalized spacial score (nSPS) is 21.7. The average Bonchev–Trinajstić information content (AvgIpc) is 2.97. The molecular weight excluding hydrogens is 228 g/mol. The van der Waals surface area contributed by atoms with E-state index in [0.717, 1.165) is 5.88 Å². The maximum absolute atomic E-state index is 6.23. The van der Waals surface area contributed by atoms with E-state index in [4.69, 9.17) is 11.6 Å². The smallest absolute Gasteiger partial charge is 0.0283 e. The molecule has 3 rings (SSSR count). The van der Waals surface area contributed by atoms with E-state index in [1.54, 1.807) is 11.1 Å². The number of fused-ring (bicyclic) bond motifs is 1. The lowest BCUT2D eigenvalue weighted by molar-refractivity contribution is 0.341. The number of halogens is 1. The highest BCUT2D eigenvalue weighted by Crippen LogP contribution is 2.42. The van der Waals surface area contributed by atoms with Gasteiger partial charge < -0.3 is 0 Å². The van der Waals surface area contributed by atoms with Crippen LogP contribution in [-0.2, 0) is 19.3 Å². The van der Waals surface area contributed by atoms with Gasteiger partial charge in [-0.3, -0.25) is 0 Å². The summed E-state index contributed by atoms with van der Waals surface area (Å²) in [6, 6.07) is 7.15. The van der Waals surface area contributed by atoms with Crippen LogP contribution in [0.2, 0.25) is 0 Å². The predicted molar refractivity (Wildman–Crippen MR) is 73.8 cm³/mol. The van der Waals surface area contributed by atoms with E-state index in [0.29, 0.717) is 5.41 Å². The van der Waals surface area contributed by atoms with Crippen LogP contribution in [0.1, 0.15) is 48.8 Å². The molecule has 2 aliphatic rings. The minimum Gasteiger partial charge on any atom is -0.126 e. The fraction of sp³-hybridized carbons (Fsp3) is 0.625. The third-order valence-corrected chi connectivity index (χ3v) is 5.26. The van der Waals surface area contributed by atoms with Crippen LogP contribution in [-0.4, -0.2) is 5.88 Å². The molecule has 1 aromatic rings. The van der Waals surface area contributed by atoms with Crippen LogP contribution in [0.15, 0.2) is 18.2 Å². The second-order valence-electron chi connectivity index (χ2n) is 5.97. The van der Waals surface area contributed by atoms with Gasteiger partial charge in [0.2, 0.25) is 0 Å². The van der Waals surface area contributed by atoms with Crippen molar-refractivity contribution in [1.29, 1.82) is 0 Å². The molecule has 92 valence electrons. The summed E-state index contributed by atoms with van der Waals surface area (Å²) in [5.41, 5.74) is 5.12. The first-order valence-electron chi connectivity index (χ1n) is 6.98. The van der Waals surface area contributed by atoms with Crippen LogP contribution in [0.25, 0.3) is 0 Å². The lowest BCUT2D eigenvalue weighted by atomic mass is 9.81. The summed E-state index contributed by atoms with van der Waals surface area (Å²) >= 11 is 6.23. The zero-order valence-corrected chi connectivity index (χ0v) is 11.2. The minimum absolute atomic E-state index is 0.411. The number of aryl methyl sites for hydroxylation is 2. The topological polar surface area (TPSA) is 0 Å². The van der Waals surface area contributed by atoms with E-state index < -0.39 is 0 Å². The molecule has 0 aromatic heterocycles. The molecule has 0 aliphatic heterocycles. The third-order valence-electron chi connectivity index (χ3n) is 4.69. The highest BCUT2D eigenvalue weighted by molar-refractivity contribution is 6.18. The molecule has 1 heteroatoms. The Morgan fingerprint density at radius 3 is 2.53 bits per heavy atom. The van der Waals surface area contributed by atoms with Gasteiger partial charge in [0.1, 0.15) is 0 Å². The second-order valence-corrected chi connectivity index (χ2v) is 6.24. The van der Waals surface area contributed by atoms with Crippen LogP contribution in [0, 0.1) is 5.41 Å². The maximum Gasteiger partial charge on any atom is 0.0283 e. The van der Waals surface area contributed by atoms with E-state index in [9.17, 15) is 0 Å². The molecule has 0 saturated heterocycles. The summed E-state index contributed by atoms with van der Waals surface area (Å²) in [5, 5.41) is 0. The van der Waals surface area contributed by atoms with Gasteiger partial charge in [0.25, 0.3) is 0 Å². The van der Waals surface area contributed by atoms with Crippen LogP contribution >= 0.6 is 11.6 Å². The Morgan fingerprint density at radius 1 is 1.00 bits per heavy atom. The van der Waals surface area contributed by atoms with Crippen molar-refractivity contribution in [3.8, 4) is 0 Å². The fourth-order valence-electron chi connectivity index (χ4n) is 3.65. The largest absolute Gasteiger partial charge is 0.126 e. The molecule has 1 saturated carbocycles. The molecule has 1 aromatic carbocycles. The van der Waals surface area contributed by atoms with Crippen molar-refractivity contribution in [3.63, 3.8) is 0 Å². The SMILES string of the molecule is ClCC1(Cc2ccc3c(c2)CCC3)CCCC1. The van der Waals surface area contributed by atoms with Crippen LogP contribution in [0.3, 0.4) is 0 Å². The number of hydrogen-bond acceptors (Lipinski definition) is 0. The van der Waals surface area contributed by atoms with Crippen LogP contribution in [0.5, 0.6) is 0 Å². The van der Waals surface area contributed by atoms with Crippen LogP contribution < -0.4 is 0 Å². The van der Waals surface area contributed by atoms with Gasteiger partial charge in [0.15, 0.2) is 0 Å². The van der Waals surface area contributed by atoms with Gasteiger partial charge >= 0.3 is 0 Å². The molecule has 0 unspecified atom stereocenters. The molecule has 1 fully saturated rings. The average molecular weight is 249 g/mol. The van der Waals surface area contributed by atoms with Crippen molar-refractivity contribution < 1.29 is 0 Å². The Labute approximate surface area is 109 Å². The highest BCUT2D eigenvalue weighted by Gasteiger charge is 2.33. The maximum atomic E-state index is 6.23. The first kappa shape index (κ1) is 11.6. The zero-order valence-electron chi connectivity index (χ0n) is 10.5. The Bertz CT molecular complexity index is 402. The van der Waals surface area contributed by atoms with E-state index in [1.807, 2.05) is 0 Å². The van der Waals surface area contributed by atoms with Gasteiger partial charge in [-0.25, -0.2) is 0 Å². The molecular formula is C16H21Cl. The van der Waals surface area contributed by atoms with Crippen LogP contribution in [0.4, 0.5) is 0 Å². The fourth-order valence-corrected chi connectivity index (χ4v) is 4.01. The van der Waals surface area contributed by atoms with E-state index in [1.165, 1.54) is 56.9 Å². The van der Waals surface area contributed by atoms with Gasteiger partial charge in [-0.05, 0) is 60.6 Å². The first-order chi connectivity index (χ1) is 8.31. The quantitative estimate of drug-likeness (QED) is 0.690. The minimum atomic E-state index is 0.411. The van der Waals surface area contributed by atoms with Crippen molar-refractivity contribution >= 4 is 11.6 Å². The standard InChI is InChI=1S/C16H21Cl/c17-12-16(8-1-2-9-16)11-13-6-7-14-4-3-5-15(14)10-13/h6-7,10H,1-5,8-9,11-12H2. The lowest BCUT2D eigenvalue weighted by Gasteiger charge is -2.26. The van der Waals surface area contributed by atoms with Crippen molar-refractivity contribution in [3.05, 3.63) is 34.9 Å². The molecule has 2 aliphatic carbocycles. The molecule has 17 heavy (non-hydrogen) atoms. The van der Waals surface area contributed by atoms with E-state index >= 15 is 0 Å². The first-order valence-corrected chi connectivity index (χ1v) is 7.51. The van der Waals surface area contributed by atoms with Crippen molar-refractivity contribution in [2.24, 2.45) is 5.41 Å². The summed E-state index contributed by atoms with van der Waals surface area (Å²) in [7, 11) is 0. The zero-order chi connectivity index (χ0) is 11.7. The van der Waals surface area contributed by atoms with Crippen molar-refractivity contribution in [1.82, 2.24) is 0 Å². The Balaban J connectivity index is 1.80. The summed E-state index contributed by atoms with van der Waals surface area (Å²) in [6.45, 7) is 0. The van der Waals surface area contributed by atoms with Gasteiger partial charge in [0, 0.05) is 5.88 Å². The van der Waals surface area contributed by atoms with Gasteiger partial charge in [0.05, 0.1) is 0 Å². The molecule has 0 amide bonds. The summed E-state index contributed by atoms with van der Waals surface area (Å²) < 4.78 is 0. The second kappa shape index (κ2) is 4.65. The summed E-state index contributed by atoms with van der Waals surface area (Å²) in [6.07, 6.45) is 10.5.